The highest BCUT2D eigenvalue weighted by Gasteiger charge is 2.11. The third kappa shape index (κ3) is 4.29. The fourth-order valence-electron chi connectivity index (χ4n) is 2.03. The Morgan fingerprint density at radius 3 is 2.28 bits per heavy atom. The molecule has 4 nitrogen and oxygen atoms in total. The molecule has 1 unspecified atom stereocenters. The second-order valence-corrected chi connectivity index (χ2v) is 4.31. The van der Waals surface area contributed by atoms with Crippen LogP contribution in [0, 0.1) is 0 Å². The standard InChI is InChI=1S/C14H25N3O/c1-4-17(5-2)11-10-14(16-15)12-6-8-13(18-3)9-7-12/h6-9,14,16H,4-5,10-11,15H2,1-3H3. The first-order valence-electron chi connectivity index (χ1n) is 6.57. The largest absolute Gasteiger partial charge is 0.497 e. The van der Waals surface area contributed by atoms with Gasteiger partial charge in [-0.25, -0.2) is 0 Å². The van der Waals surface area contributed by atoms with Crippen molar-refractivity contribution in [1.82, 2.24) is 10.3 Å². The minimum absolute atomic E-state index is 0.191. The van der Waals surface area contributed by atoms with Gasteiger partial charge < -0.3 is 9.64 Å². The summed E-state index contributed by atoms with van der Waals surface area (Å²) >= 11 is 0. The fraction of sp³-hybridized carbons (Fsp3) is 0.571. The molecule has 0 saturated carbocycles. The van der Waals surface area contributed by atoms with Gasteiger partial charge in [0.2, 0.25) is 0 Å². The van der Waals surface area contributed by atoms with E-state index < -0.39 is 0 Å². The number of nitrogens with one attached hydrogen (secondary N) is 1. The van der Waals surface area contributed by atoms with Gasteiger partial charge in [-0.2, -0.15) is 0 Å². The van der Waals surface area contributed by atoms with E-state index in [0.29, 0.717) is 0 Å². The summed E-state index contributed by atoms with van der Waals surface area (Å²) in [6.45, 7) is 7.57. The van der Waals surface area contributed by atoms with Crippen molar-refractivity contribution in [3.63, 3.8) is 0 Å². The topological polar surface area (TPSA) is 50.5 Å². The van der Waals surface area contributed by atoms with Crippen LogP contribution in [0.5, 0.6) is 5.75 Å². The fourth-order valence-corrected chi connectivity index (χ4v) is 2.03. The van der Waals surface area contributed by atoms with Crippen LogP contribution in [-0.2, 0) is 0 Å². The summed E-state index contributed by atoms with van der Waals surface area (Å²) in [5, 5.41) is 0. The summed E-state index contributed by atoms with van der Waals surface area (Å²) in [7, 11) is 1.67. The molecule has 0 spiro atoms. The second kappa shape index (κ2) is 8.08. The zero-order chi connectivity index (χ0) is 13.4. The molecule has 1 aromatic carbocycles. The molecule has 0 aliphatic heterocycles. The van der Waals surface area contributed by atoms with Gasteiger partial charge in [0.25, 0.3) is 0 Å². The monoisotopic (exact) mass is 251 g/mol. The Kier molecular flexibility index (Phi) is 6.72. The average molecular weight is 251 g/mol. The molecule has 1 atom stereocenters. The number of ether oxygens (including phenoxy) is 1. The van der Waals surface area contributed by atoms with Gasteiger partial charge in [-0.15, -0.1) is 0 Å². The van der Waals surface area contributed by atoms with E-state index in [-0.39, 0.29) is 6.04 Å². The third-order valence-electron chi connectivity index (χ3n) is 3.35. The molecule has 102 valence electrons. The molecular formula is C14H25N3O. The maximum atomic E-state index is 5.64. The van der Waals surface area contributed by atoms with Crippen LogP contribution in [0.3, 0.4) is 0 Å². The highest BCUT2D eigenvalue weighted by molar-refractivity contribution is 5.29. The lowest BCUT2D eigenvalue weighted by Crippen LogP contribution is -2.32. The normalized spacial score (nSPS) is 12.7. The molecule has 4 heteroatoms. The summed E-state index contributed by atoms with van der Waals surface area (Å²) in [6.07, 6.45) is 1.00. The van der Waals surface area contributed by atoms with Gasteiger partial charge in [0.1, 0.15) is 5.75 Å². The van der Waals surface area contributed by atoms with Gasteiger partial charge in [-0.3, -0.25) is 11.3 Å². The third-order valence-corrected chi connectivity index (χ3v) is 3.35. The Morgan fingerprint density at radius 1 is 1.22 bits per heavy atom. The van der Waals surface area contributed by atoms with Crippen LogP contribution in [0.2, 0.25) is 0 Å². The number of methoxy groups -OCH3 is 1. The SMILES string of the molecule is CCN(CC)CCC(NN)c1ccc(OC)cc1. The lowest BCUT2D eigenvalue weighted by molar-refractivity contribution is 0.282. The predicted octanol–water partition coefficient (Wildman–Crippen LogP) is 1.93. The van der Waals surface area contributed by atoms with Crippen molar-refractivity contribution in [1.29, 1.82) is 0 Å². The Bertz CT molecular complexity index is 322. The molecule has 18 heavy (non-hydrogen) atoms. The Balaban J connectivity index is 2.58. The molecular weight excluding hydrogens is 226 g/mol. The van der Waals surface area contributed by atoms with Gasteiger partial charge in [0.05, 0.1) is 7.11 Å². The first kappa shape index (κ1) is 15.0. The minimum Gasteiger partial charge on any atom is -0.497 e. The van der Waals surface area contributed by atoms with E-state index in [4.69, 9.17) is 10.6 Å². The summed E-state index contributed by atoms with van der Waals surface area (Å²) in [4.78, 5) is 2.40. The maximum absolute atomic E-state index is 5.64. The number of hydrogen-bond donors (Lipinski definition) is 2. The van der Waals surface area contributed by atoms with E-state index in [2.05, 4.69) is 36.3 Å². The molecule has 3 N–H and O–H groups in total. The number of benzene rings is 1. The van der Waals surface area contributed by atoms with Gasteiger partial charge in [-0.1, -0.05) is 26.0 Å². The van der Waals surface area contributed by atoms with Crippen molar-refractivity contribution < 1.29 is 4.74 Å². The average Bonchev–Trinajstić information content (AvgIpc) is 2.44. The molecule has 1 rings (SSSR count). The Hall–Kier alpha value is -1.10. The van der Waals surface area contributed by atoms with Crippen LogP contribution < -0.4 is 16.0 Å². The van der Waals surface area contributed by atoms with Crippen LogP contribution in [0.15, 0.2) is 24.3 Å². The van der Waals surface area contributed by atoms with Crippen LogP contribution in [0.1, 0.15) is 31.9 Å². The molecule has 0 fully saturated rings. The highest BCUT2D eigenvalue weighted by atomic mass is 16.5. The van der Waals surface area contributed by atoms with Crippen LogP contribution in [0.4, 0.5) is 0 Å². The highest BCUT2D eigenvalue weighted by Crippen LogP contribution is 2.19. The molecule has 1 aromatic rings. The summed E-state index contributed by atoms with van der Waals surface area (Å²) in [5.74, 6) is 6.52. The van der Waals surface area contributed by atoms with E-state index in [1.165, 1.54) is 5.56 Å². The van der Waals surface area contributed by atoms with Gasteiger partial charge in [0, 0.05) is 6.04 Å². The molecule has 0 aliphatic rings. The molecule has 0 aromatic heterocycles. The quantitative estimate of drug-likeness (QED) is 0.547. The van der Waals surface area contributed by atoms with Crippen LogP contribution >= 0.6 is 0 Å². The van der Waals surface area contributed by atoms with Crippen LogP contribution in [-0.4, -0.2) is 31.6 Å². The van der Waals surface area contributed by atoms with E-state index in [1.807, 2.05) is 12.1 Å². The predicted molar refractivity (Wildman–Crippen MR) is 75.5 cm³/mol. The lowest BCUT2D eigenvalue weighted by atomic mass is 10.0. The summed E-state index contributed by atoms with van der Waals surface area (Å²) in [5.41, 5.74) is 4.09. The second-order valence-electron chi connectivity index (χ2n) is 4.31. The number of hydrazine groups is 1. The Labute approximate surface area is 110 Å². The first-order valence-corrected chi connectivity index (χ1v) is 6.57. The van der Waals surface area contributed by atoms with E-state index >= 15 is 0 Å². The van der Waals surface area contributed by atoms with E-state index in [1.54, 1.807) is 7.11 Å². The smallest absolute Gasteiger partial charge is 0.118 e. The number of rotatable bonds is 8. The zero-order valence-corrected chi connectivity index (χ0v) is 11.6. The summed E-state index contributed by atoms with van der Waals surface area (Å²) in [6, 6.07) is 8.25. The van der Waals surface area contributed by atoms with Gasteiger partial charge in [-0.05, 0) is 43.8 Å². The van der Waals surface area contributed by atoms with Crippen LogP contribution in [0.25, 0.3) is 0 Å². The van der Waals surface area contributed by atoms with E-state index in [9.17, 15) is 0 Å². The zero-order valence-electron chi connectivity index (χ0n) is 11.6. The molecule has 0 bridgehead atoms. The molecule has 0 saturated heterocycles. The maximum Gasteiger partial charge on any atom is 0.118 e. The minimum atomic E-state index is 0.191. The van der Waals surface area contributed by atoms with Crippen molar-refractivity contribution in [2.75, 3.05) is 26.7 Å². The van der Waals surface area contributed by atoms with Crippen molar-refractivity contribution >= 4 is 0 Å². The Morgan fingerprint density at radius 2 is 1.83 bits per heavy atom. The number of nitrogens with zero attached hydrogens (tertiary/aromatic N) is 1. The first-order chi connectivity index (χ1) is 8.74. The van der Waals surface area contributed by atoms with E-state index in [0.717, 1.165) is 31.8 Å². The van der Waals surface area contributed by atoms with Crippen molar-refractivity contribution in [3.8, 4) is 5.75 Å². The number of hydrogen-bond acceptors (Lipinski definition) is 4. The van der Waals surface area contributed by atoms with Gasteiger partial charge >= 0.3 is 0 Å². The molecule has 0 aliphatic carbocycles. The molecule has 0 amide bonds. The van der Waals surface area contributed by atoms with Crippen molar-refractivity contribution in [3.05, 3.63) is 29.8 Å². The molecule has 0 heterocycles. The van der Waals surface area contributed by atoms with Crippen molar-refractivity contribution in [2.24, 2.45) is 5.84 Å². The number of nitrogens with two attached hydrogens (primary N) is 1. The summed E-state index contributed by atoms with van der Waals surface area (Å²) < 4.78 is 5.16. The van der Waals surface area contributed by atoms with Gasteiger partial charge in [0.15, 0.2) is 0 Å². The van der Waals surface area contributed by atoms with Crippen molar-refractivity contribution in [2.45, 2.75) is 26.3 Å². The lowest BCUT2D eigenvalue weighted by Gasteiger charge is -2.22. The molecule has 0 radical (unpaired) electrons.